The molecule has 31 heavy (non-hydrogen) atoms. The van der Waals surface area contributed by atoms with Crippen LogP contribution >= 0.6 is 7.29 Å². The molecule has 1 aliphatic heterocycles. The van der Waals surface area contributed by atoms with Crippen LogP contribution in [0.5, 0.6) is 0 Å². The van der Waals surface area contributed by atoms with Crippen molar-refractivity contribution < 1.29 is 27.6 Å². The van der Waals surface area contributed by atoms with Crippen LogP contribution in [0.15, 0.2) is 36.4 Å². The summed E-state index contributed by atoms with van der Waals surface area (Å²) in [7, 11) is -2.93. The Morgan fingerprint density at radius 1 is 1.19 bits per heavy atom. The van der Waals surface area contributed by atoms with Crippen molar-refractivity contribution >= 4 is 24.1 Å². The number of aliphatic hydroxyl groups is 1. The molecule has 1 aliphatic rings. The fourth-order valence-corrected chi connectivity index (χ4v) is 5.80. The van der Waals surface area contributed by atoms with Crippen molar-refractivity contribution in [2.24, 2.45) is 0 Å². The third-order valence-corrected chi connectivity index (χ3v) is 7.83. The fourth-order valence-electron chi connectivity index (χ4n) is 3.90. The molecule has 1 fully saturated rings. The van der Waals surface area contributed by atoms with E-state index in [2.05, 4.69) is 15.4 Å². The van der Waals surface area contributed by atoms with Crippen LogP contribution in [-0.4, -0.2) is 41.1 Å². The predicted molar refractivity (Wildman–Crippen MR) is 111 cm³/mol. The summed E-state index contributed by atoms with van der Waals surface area (Å²) in [5.74, 6) is -3.32. The Labute approximate surface area is 176 Å². The summed E-state index contributed by atoms with van der Waals surface area (Å²) >= 11 is 0. The number of amides is 1. The lowest BCUT2D eigenvalue weighted by Gasteiger charge is -2.20. The maximum absolute atomic E-state index is 14.3. The van der Waals surface area contributed by atoms with E-state index < -0.39 is 42.5 Å². The summed E-state index contributed by atoms with van der Waals surface area (Å²) in [4.78, 5) is 15.4. The minimum absolute atomic E-state index is 0.0670. The molecular weight excluding hydrogens is 430 g/mol. The molecule has 2 aromatic carbocycles. The summed E-state index contributed by atoms with van der Waals surface area (Å²) < 4.78 is 54.0. The number of aromatic amines is 1. The minimum atomic E-state index is -2.93. The molecule has 0 saturated carbocycles. The van der Waals surface area contributed by atoms with Gasteiger partial charge in [-0.15, -0.1) is 0 Å². The standard InChI is InChI=1S/C21H21F3N3O3P/c1-31(30)21(17(28)10-25-31)26-18(29)7-6-14-15-8-13(23)9-16(24)20(15)27-19(14)11-2-4-12(22)5-3-11/h2-5,8-9,17,21,27-28H,6-7,10H2,1H3,(H,25,30)(H,26,29)/t17-,21-,31?/m1/s1. The molecule has 1 amide bonds. The number of H-pyrrole nitrogens is 1. The number of β-amino-alcohol motifs (C(OH)–C–C–N with tert-alkyl or cyclic N) is 1. The first-order valence-corrected chi connectivity index (χ1v) is 11.9. The summed E-state index contributed by atoms with van der Waals surface area (Å²) in [6.07, 6.45) is -0.917. The molecule has 164 valence electrons. The monoisotopic (exact) mass is 451 g/mol. The van der Waals surface area contributed by atoms with Crippen molar-refractivity contribution in [2.75, 3.05) is 13.2 Å². The van der Waals surface area contributed by atoms with E-state index in [1.54, 1.807) is 0 Å². The smallest absolute Gasteiger partial charge is 0.221 e. The van der Waals surface area contributed by atoms with Gasteiger partial charge in [0.05, 0.1) is 11.6 Å². The molecule has 0 radical (unpaired) electrons. The van der Waals surface area contributed by atoms with Gasteiger partial charge >= 0.3 is 0 Å². The van der Waals surface area contributed by atoms with Crippen LogP contribution in [0.4, 0.5) is 13.2 Å². The van der Waals surface area contributed by atoms with Gasteiger partial charge in [0.25, 0.3) is 0 Å². The Hall–Kier alpha value is -2.61. The van der Waals surface area contributed by atoms with Gasteiger partial charge in [-0.2, -0.15) is 0 Å². The molecule has 0 aliphatic carbocycles. The van der Waals surface area contributed by atoms with Gasteiger partial charge in [0.2, 0.25) is 5.91 Å². The van der Waals surface area contributed by atoms with Crippen molar-refractivity contribution in [1.29, 1.82) is 0 Å². The lowest BCUT2D eigenvalue weighted by atomic mass is 10.0. The van der Waals surface area contributed by atoms with Gasteiger partial charge in [-0.25, -0.2) is 13.2 Å². The second-order valence-electron chi connectivity index (χ2n) is 7.73. The first-order chi connectivity index (χ1) is 14.7. The van der Waals surface area contributed by atoms with Gasteiger partial charge in [0.1, 0.15) is 23.2 Å². The number of carbonyl (C=O) groups excluding carboxylic acids is 1. The SMILES string of the molecule is CP1(=O)NC[C@@H](O)[C@@H]1NC(=O)CCc1c(-c2ccc(F)cc2)[nH]c2c(F)cc(F)cc12. The number of halogens is 3. The maximum Gasteiger partial charge on any atom is 0.221 e. The van der Waals surface area contributed by atoms with Gasteiger partial charge in [-0.1, -0.05) is 0 Å². The van der Waals surface area contributed by atoms with Gasteiger partial charge in [-0.3, -0.25) is 9.88 Å². The predicted octanol–water partition coefficient (Wildman–Crippen LogP) is 3.50. The number of nitrogens with one attached hydrogen (secondary N) is 3. The second kappa shape index (κ2) is 8.15. The molecule has 6 nitrogen and oxygen atoms in total. The number of aryl methyl sites for hydroxylation is 1. The molecule has 1 saturated heterocycles. The molecule has 0 spiro atoms. The van der Waals surface area contributed by atoms with Crippen molar-refractivity contribution in [2.45, 2.75) is 24.7 Å². The Bertz CT molecular complexity index is 1200. The average molecular weight is 451 g/mol. The number of benzene rings is 2. The van der Waals surface area contributed by atoms with Crippen molar-refractivity contribution in [3.05, 3.63) is 59.4 Å². The molecule has 4 N–H and O–H groups in total. The number of aromatic nitrogens is 1. The Balaban J connectivity index is 1.64. The molecule has 4 rings (SSSR count). The zero-order chi connectivity index (χ0) is 22.3. The number of carbonyl (C=O) groups is 1. The van der Waals surface area contributed by atoms with Crippen LogP contribution < -0.4 is 10.4 Å². The van der Waals surface area contributed by atoms with Crippen molar-refractivity contribution in [3.63, 3.8) is 0 Å². The second-order valence-corrected chi connectivity index (χ2v) is 10.6. The van der Waals surface area contributed by atoms with E-state index in [4.69, 9.17) is 0 Å². The van der Waals surface area contributed by atoms with Crippen LogP contribution in [0.3, 0.4) is 0 Å². The molecule has 0 bridgehead atoms. The molecule has 3 aromatic rings. The Morgan fingerprint density at radius 2 is 1.90 bits per heavy atom. The number of hydrogen-bond donors (Lipinski definition) is 4. The molecule has 10 heteroatoms. The van der Waals surface area contributed by atoms with Crippen LogP contribution in [0.25, 0.3) is 22.2 Å². The van der Waals surface area contributed by atoms with Crippen LogP contribution in [0.2, 0.25) is 0 Å². The van der Waals surface area contributed by atoms with Crippen LogP contribution in [-0.2, 0) is 15.8 Å². The summed E-state index contributed by atoms with van der Waals surface area (Å²) in [6.45, 7) is 1.57. The number of aliphatic hydroxyl groups excluding tert-OH is 1. The largest absolute Gasteiger partial charge is 0.389 e. The highest BCUT2D eigenvalue weighted by molar-refractivity contribution is 7.62. The van der Waals surface area contributed by atoms with Crippen molar-refractivity contribution in [1.82, 2.24) is 15.4 Å². The van der Waals surface area contributed by atoms with Crippen LogP contribution in [0.1, 0.15) is 12.0 Å². The highest BCUT2D eigenvalue weighted by atomic mass is 31.2. The Kier molecular flexibility index (Phi) is 5.68. The van der Waals surface area contributed by atoms with E-state index in [1.807, 2.05) is 0 Å². The van der Waals surface area contributed by atoms with Gasteiger partial charge in [0, 0.05) is 36.8 Å². The maximum atomic E-state index is 14.3. The summed E-state index contributed by atoms with van der Waals surface area (Å²) in [5.41, 5.74) is 1.60. The van der Waals surface area contributed by atoms with E-state index >= 15 is 0 Å². The third kappa shape index (κ3) is 4.26. The first kappa shape index (κ1) is 21.6. The quantitative estimate of drug-likeness (QED) is 0.447. The third-order valence-electron chi connectivity index (χ3n) is 5.49. The van der Waals surface area contributed by atoms with E-state index in [0.717, 1.165) is 6.07 Å². The number of fused-ring (bicyclic) bond motifs is 1. The van der Waals surface area contributed by atoms with E-state index in [9.17, 15) is 27.6 Å². The summed E-state index contributed by atoms with van der Waals surface area (Å²) in [5, 5.41) is 15.6. The minimum Gasteiger partial charge on any atom is -0.389 e. The van der Waals surface area contributed by atoms with Gasteiger partial charge < -0.3 is 20.0 Å². The average Bonchev–Trinajstić information content (AvgIpc) is 3.19. The zero-order valence-corrected chi connectivity index (χ0v) is 17.5. The van der Waals surface area contributed by atoms with E-state index in [1.165, 1.54) is 37.0 Å². The number of rotatable bonds is 5. The Morgan fingerprint density at radius 3 is 2.55 bits per heavy atom. The fraction of sp³-hybridized carbons (Fsp3) is 0.286. The normalized spacial score (nSPS) is 23.4. The van der Waals surface area contributed by atoms with Gasteiger partial charge in [-0.05, 0) is 47.9 Å². The lowest BCUT2D eigenvalue weighted by molar-refractivity contribution is -0.121. The zero-order valence-electron chi connectivity index (χ0n) is 16.6. The lowest BCUT2D eigenvalue weighted by Crippen LogP contribution is -2.40. The molecule has 1 unspecified atom stereocenters. The van der Waals surface area contributed by atoms with Gasteiger partial charge in [0.15, 0.2) is 7.29 Å². The highest BCUT2D eigenvalue weighted by Crippen LogP contribution is 2.46. The first-order valence-electron chi connectivity index (χ1n) is 9.71. The number of hydrogen-bond acceptors (Lipinski definition) is 3. The highest BCUT2D eigenvalue weighted by Gasteiger charge is 2.41. The van der Waals surface area contributed by atoms with Crippen LogP contribution in [0, 0.1) is 17.5 Å². The molecule has 3 atom stereocenters. The summed E-state index contributed by atoms with van der Waals surface area (Å²) in [6, 6.07) is 7.46. The topological polar surface area (TPSA) is 94.2 Å². The molecule has 2 heterocycles. The molecule has 1 aromatic heterocycles. The van der Waals surface area contributed by atoms with E-state index in [0.29, 0.717) is 16.8 Å². The molecular formula is C21H21F3N3O3P. The van der Waals surface area contributed by atoms with E-state index in [-0.39, 0.29) is 30.3 Å². The van der Waals surface area contributed by atoms with Crippen molar-refractivity contribution in [3.8, 4) is 11.3 Å².